The van der Waals surface area contributed by atoms with Gasteiger partial charge < -0.3 is 4.90 Å². The molecule has 47 heavy (non-hydrogen) atoms. The summed E-state index contributed by atoms with van der Waals surface area (Å²) in [5.74, 6) is -2.99. The van der Waals surface area contributed by atoms with Gasteiger partial charge in [-0.25, -0.2) is 9.80 Å². The molecule has 5 aromatic carbocycles. The van der Waals surface area contributed by atoms with E-state index in [0.717, 1.165) is 15.4 Å². The molecule has 9 heteroatoms. The smallest absolute Gasteiger partial charge is 0.266 e. The topological polar surface area (TPSA) is 112 Å². The molecule has 3 heterocycles. The van der Waals surface area contributed by atoms with E-state index < -0.39 is 41.6 Å². The number of rotatable bonds is 6. The number of ketones is 1. The lowest BCUT2D eigenvalue weighted by Crippen LogP contribution is -2.30. The number of benzene rings is 5. The Kier molecular flexibility index (Phi) is 6.30. The van der Waals surface area contributed by atoms with Crippen LogP contribution in [-0.4, -0.2) is 46.3 Å². The highest BCUT2D eigenvalue weighted by Gasteiger charge is 2.56. The van der Waals surface area contributed by atoms with Crippen molar-refractivity contribution in [3.63, 3.8) is 0 Å². The van der Waals surface area contributed by atoms with Gasteiger partial charge in [0, 0.05) is 11.1 Å². The highest BCUT2D eigenvalue weighted by molar-refractivity contribution is 6.37. The van der Waals surface area contributed by atoms with Gasteiger partial charge in [-0.05, 0) is 54.1 Å². The molecule has 0 spiro atoms. The van der Waals surface area contributed by atoms with Crippen molar-refractivity contribution < 1.29 is 28.8 Å². The van der Waals surface area contributed by atoms with Crippen molar-refractivity contribution in [3.8, 4) is 0 Å². The molecule has 5 amide bonds. The Labute approximate surface area is 268 Å². The molecule has 0 unspecified atom stereocenters. The van der Waals surface area contributed by atoms with Crippen LogP contribution in [0.25, 0.3) is 0 Å². The standard InChI is InChI=1S/C38H23N3O6/c42-33(23-12-6-2-7-13-23)32-31(22-10-4-1-5-11-22)41(32)34(43)24-16-18-27-29(20-24)37(46)40(36(27)45)26-17-19-28-30(21-26)38(47)39(35(28)44)25-14-8-3-9-15-25/h1-21,31-32H/t31-,32+,41?/m0/s1. The molecule has 0 bridgehead atoms. The molecule has 0 saturated carbocycles. The summed E-state index contributed by atoms with van der Waals surface area (Å²) in [7, 11) is 0. The number of anilines is 2. The first-order valence-corrected chi connectivity index (χ1v) is 14.9. The van der Waals surface area contributed by atoms with E-state index in [1.165, 1.54) is 41.3 Å². The molecule has 1 saturated heterocycles. The third-order valence-electron chi connectivity index (χ3n) is 8.79. The fourth-order valence-corrected chi connectivity index (χ4v) is 6.46. The Morgan fingerprint density at radius 2 is 0.979 bits per heavy atom. The largest absolute Gasteiger partial charge is 0.316 e. The second kappa shape index (κ2) is 10.6. The van der Waals surface area contributed by atoms with Crippen molar-refractivity contribution >= 4 is 46.7 Å². The minimum Gasteiger partial charge on any atom is -0.316 e. The number of hydrogen-bond donors (Lipinski definition) is 0. The zero-order chi connectivity index (χ0) is 32.4. The fourth-order valence-electron chi connectivity index (χ4n) is 6.46. The molecule has 0 aromatic heterocycles. The Morgan fingerprint density at radius 1 is 0.468 bits per heavy atom. The van der Waals surface area contributed by atoms with Gasteiger partial charge in [-0.3, -0.25) is 28.8 Å². The summed E-state index contributed by atoms with van der Waals surface area (Å²) in [6.45, 7) is 0. The maximum atomic E-state index is 13.9. The molecule has 3 aliphatic heterocycles. The zero-order valence-electron chi connectivity index (χ0n) is 24.6. The summed E-state index contributed by atoms with van der Waals surface area (Å²) in [6, 6.07) is 33.8. The van der Waals surface area contributed by atoms with Gasteiger partial charge in [0.05, 0.1) is 39.7 Å². The molecular weight excluding hydrogens is 594 g/mol. The van der Waals surface area contributed by atoms with Crippen molar-refractivity contribution in [2.75, 3.05) is 9.80 Å². The molecule has 8 rings (SSSR count). The number of Topliss-reactive ketones (excluding diaryl/α,β-unsaturated/α-hetero) is 1. The molecule has 5 aromatic rings. The number of carbonyl (C=O) groups is 6. The monoisotopic (exact) mass is 617 g/mol. The molecule has 0 aliphatic carbocycles. The molecule has 9 nitrogen and oxygen atoms in total. The van der Waals surface area contributed by atoms with Crippen LogP contribution < -0.4 is 9.80 Å². The van der Waals surface area contributed by atoms with Crippen LogP contribution >= 0.6 is 0 Å². The van der Waals surface area contributed by atoms with Crippen molar-refractivity contribution in [3.05, 3.63) is 166 Å². The normalized spacial score (nSPS) is 18.0. The van der Waals surface area contributed by atoms with Crippen LogP contribution in [0.4, 0.5) is 11.4 Å². The summed E-state index contributed by atoms with van der Waals surface area (Å²) in [4.78, 5) is 84.5. The average molecular weight is 618 g/mol. The number of imide groups is 2. The predicted octanol–water partition coefficient (Wildman–Crippen LogP) is 5.74. The number of fused-ring (bicyclic) bond motifs is 2. The highest BCUT2D eigenvalue weighted by Crippen LogP contribution is 2.46. The van der Waals surface area contributed by atoms with E-state index in [9.17, 15) is 28.8 Å². The molecule has 0 radical (unpaired) electrons. The second-order valence-electron chi connectivity index (χ2n) is 11.5. The van der Waals surface area contributed by atoms with Gasteiger partial charge in [-0.2, -0.15) is 0 Å². The molecule has 1 fully saturated rings. The van der Waals surface area contributed by atoms with Crippen LogP contribution in [0.3, 0.4) is 0 Å². The van der Waals surface area contributed by atoms with E-state index in [1.54, 1.807) is 54.6 Å². The zero-order valence-corrected chi connectivity index (χ0v) is 24.6. The first-order valence-electron chi connectivity index (χ1n) is 14.9. The summed E-state index contributed by atoms with van der Waals surface area (Å²) >= 11 is 0. The van der Waals surface area contributed by atoms with E-state index >= 15 is 0 Å². The third kappa shape index (κ3) is 4.32. The van der Waals surface area contributed by atoms with Gasteiger partial charge in [0.25, 0.3) is 29.5 Å². The maximum absolute atomic E-state index is 13.9. The Bertz CT molecular complexity index is 2180. The van der Waals surface area contributed by atoms with Crippen molar-refractivity contribution in [1.29, 1.82) is 0 Å². The number of amides is 5. The minimum absolute atomic E-state index is 0.0266. The lowest BCUT2D eigenvalue weighted by atomic mass is 10.0. The third-order valence-corrected chi connectivity index (χ3v) is 8.79. The van der Waals surface area contributed by atoms with Gasteiger partial charge in [0.1, 0.15) is 6.04 Å². The van der Waals surface area contributed by atoms with E-state index in [4.69, 9.17) is 0 Å². The van der Waals surface area contributed by atoms with E-state index in [-0.39, 0.29) is 39.3 Å². The highest BCUT2D eigenvalue weighted by atomic mass is 16.2. The molecule has 3 aliphatic rings. The number of nitrogens with zero attached hydrogens (tertiary/aromatic N) is 3. The maximum Gasteiger partial charge on any atom is 0.266 e. The van der Waals surface area contributed by atoms with Gasteiger partial charge in [-0.15, -0.1) is 0 Å². The van der Waals surface area contributed by atoms with Crippen LogP contribution in [0.5, 0.6) is 0 Å². The first-order chi connectivity index (χ1) is 22.8. The Balaban J connectivity index is 1.09. The van der Waals surface area contributed by atoms with Gasteiger partial charge >= 0.3 is 0 Å². The van der Waals surface area contributed by atoms with Crippen LogP contribution in [-0.2, 0) is 0 Å². The number of para-hydroxylation sites is 1. The lowest BCUT2D eigenvalue weighted by molar-refractivity contribution is 0.0833. The SMILES string of the molecule is O=C(c1ccccc1)[C@H]1[C@H](c2ccccc2)N1C(=O)c1ccc2c(c1)C(=O)N(c1ccc3c(c1)C(=O)N(c1ccccc1)C3=O)C2=O. The molecule has 226 valence electrons. The lowest BCUT2D eigenvalue weighted by Gasteiger charge is -2.14. The molecule has 0 N–H and O–H groups in total. The fraction of sp³-hybridized carbons (Fsp3) is 0.0526. The Hall–Kier alpha value is -6.48. The van der Waals surface area contributed by atoms with Crippen LogP contribution in [0.2, 0.25) is 0 Å². The quantitative estimate of drug-likeness (QED) is 0.137. The summed E-state index contributed by atoms with van der Waals surface area (Å²) in [5, 5.41) is 0. The van der Waals surface area contributed by atoms with Crippen molar-refractivity contribution in [2.45, 2.75) is 12.1 Å². The van der Waals surface area contributed by atoms with Crippen molar-refractivity contribution in [1.82, 2.24) is 4.90 Å². The van der Waals surface area contributed by atoms with Gasteiger partial charge in [0.2, 0.25) is 0 Å². The van der Waals surface area contributed by atoms with Crippen LogP contribution in [0, 0.1) is 0 Å². The van der Waals surface area contributed by atoms with Crippen LogP contribution in [0.15, 0.2) is 127 Å². The van der Waals surface area contributed by atoms with Gasteiger partial charge in [-0.1, -0.05) is 78.9 Å². The minimum atomic E-state index is -0.725. The number of hydrogen-bond acceptors (Lipinski definition) is 6. The van der Waals surface area contributed by atoms with Crippen molar-refractivity contribution in [2.24, 2.45) is 0 Å². The number of carbonyl (C=O) groups excluding carboxylic acids is 6. The predicted molar refractivity (Wildman–Crippen MR) is 172 cm³/mol. The Morgan fingerprint density at radius 3 is 1.62 bits per heavy atom. The molecular formula is C38H23N3O6. The van der Waals surface area contributed by atoms with E-state index in [0.29, 0.717) is 11.3 Å². The molecule has 2 atom stereocenters. The second-order valence-corrected chi connectivity index (χ2v) is 11.5. The summed E-state index contributed by atoms with van der Waals surface area (Å²) in [5.41, 5.74) is 2.36. The van der Waals surface area contributed by atoms with Gasteiger partial charge in [0.15, 0.2) is 5.78 Å². The van der Waals surface area contributed by atoms with E-state index in [2.05, 4.69) is 0 Å². The first kappa shape index (κ1) is 28.0. The average Bonchev–Trinajstić information content (AvgIpc) is 3.75. The summed E-state index contributed by atoms with van der Waals surface area (Å²) in [6.07, 6.45) is 0. The van der Waals surface area contributed by atoms with E-state index in [1.807, 2.05) is 36.4 Å². The van der Waals surface area contributed by atoms with Crippen LogP contribution in [0.1, 0.15) is 73.8 Å². The summed E-state index contributed by atoms with van der Waals surface area (Å²) < 4.78 is 0.